The number of carboxylic acid groups (broad SMARTS) is 1. The zero-order valence-corrected chi connectivity index (χ0v) is 14.3. The molecular weight excluding hydrogens is 324 g/mol. The van der Waals surface area contributed by atoms with E-state index in [1.807, 2.05) is 13.8 Å². The second kappa shape index (κ2) is 5.59. The molecule has 1 fully saturated rings. The third-order valence-corrected chi connectivity index (χ3v) is 8.35. The first kappa shape index (κ1) is 15.9. The van der Waals surface area contributed by atoms with Gasteiger partial charge in [-0.05, 0) is 45.2 Å². The van der Waals surface area contributed by atoms with Crippen molar-refractivity contribution in [3.05, 3.63) is 16.0 Å². The minimum Gasteiger partial charge on any atom is -0.478 e. The van der Waals surface area contributed by atoms with E-state index >= 15 is 0 Å². The van der Waals surface area contributed by atoms with Crippen molar-refractivity contribution in [3.63, 3.8) is 0 Å². The normalized spacial score (nSPS) is 26.1. The monoisotopic (exact) mass is 344 g/mol. The van der Waals surface area contributed by atoms with E-state index in [1.54, 1.807) is 0 Å². The average molecular weight is 344 g/mol. The number of aromatic carboxylic acids is 1. The predicted octanol–water partition coefficient (Wildman–Crippen LogP) is 1.65. The van der Waals surface area contributed by atoms with Gasteiger partial charge < -0.3 is 10.4 Å². The standard InChI is InChI=1S/C14H20N2O4S2/c1-8-3-4-9(2)16(8)22(19,20)14-12(13(17)18)10-5-6-15-7-11(10)21-14/h8-9,15H,3-7H2,1-2H3,(H,17,18)/t8-,9+. The number of nitrogens with one attached hydrogen (secondary N) is 1. The summed E-state index contributed by atoms with van der Waals surface area (Å²) >= 11 is 1.12. The number of carbonyl (C=O) groups is 1. The minimum absolute atomic E-state index is 0.00667. The summed E-state index contributed by atoms with van der Waals surface area (Å²) in [6, 6.07) is -0.169. The van der Waals surface area contributed by atoms with Gasteiger partial charge in [0.1, 0.15) is 4.21 Å². The second-order valence-electron chi connectivity index (χ2n) is 6.01. The van der Waals surface area contributed by atoms with Crippen molar-refractivity contribution in [1.82, 2.24) is 9.62 Å². The number of hydrogen-bond donors (Lipinski definition) is 2. The molecule has 0 aromatic carbocycles. The Hall–Kier alpha value is -0.960. The highest BCUT2D eigenvalue weighted by molar-refractivity contribution is 7.91. The molecule has 22 heavy (non-hydrogen) atoms. The van der Waals surface area contributed by atoms with E-state index in [0.717, 1.165) is 29.1 Å². The third-order valence-electron chi connectivity index (χ3n) is 4.49. The Morgan fingerprint density at radius 1 is 1.32 bits per heavy atom. The molecule has 3 heterocycles. The summed E-state index contributed by atoms with van der Waals surface area (Å²) in [5, 5.41) is 12.7. The van der Waals surface area contributed by atoms with Crippen LogP contribution in [0.5, 0.6) is 0 Å². The summed E-state index contributed by atoms with van der Waals surface area (Å²) in [5.41, 5.74) is 0.683. The van der Waals surface area contributed by atoms with Crippen LogP contribution in [-0.4, -0.2) is 42.4 Å². The van der Waals surface area contributed by atoms with E-state index < -0.39 is 16.0 Å². The summed E-state index contributed by atoms with van der Waals surface area (Å²) in [7, 11) is -3.76. The maximum absolute atomic E-state index is 13.1. The molecule has 1 saturated heterocycles. The van der Waals surface area contributed by atoms with E-state index in [-0.39, 0.29) is 21.9 Å². The van der Waals surface area contributed by atoms with Crippen LogP contribution in [0.25, 0.3) is 0 Å². The van der Waals surface area contributed by atoms with Crippen molar-refractivity contribution in [3.8, 4) is 0 Å². The smallest absolute Gasteiger partial charge is 0.338 e. The van der Waals surface area contributed by atoms with Gasteiger partial charge >= 0.3 is 5.97 Å². The Morgan fingerprint density at radius 2 is 1.95 bits per heavy atom. The quantitative estimate of drug-likeness (QED) is 0.871. The number of nitrogens with zero attached hydrogens (tertiary/aromatic N) is 1. The molecule has 0 aliphatic carbocycles. The van der Waals surface area contributed by atoms with E-state index in [1.165, 1.54) is 4.31 Å². The number of hydrogen-bond acceptors (Lipinski definition) is 5. The van der Waals surface area contributed by atoms with Gasteiger partial charge in [-0.1, -0.05) is 0 Å². The van der Waals surface area contributed by atoms with Crippen LogP contribution in [0.15, 0.2) is 4.21 Å². The first-order chi connectivity index (χ1) is 10.3. The third kappa shape index (κ3) is 2.38. The van der Waals surface area contributed by atoms with Crippen molar-refractivity contribution in [2.24, 2.45) is 0 Å². The summed E-state index contributed by atoms with van der Waals surface area (Å²) in [6.45, 7) is 4.99. The molecule has 0 saturated carbocycles. The van der Waals surface area contributed by atoms with Gasteiger partial charge in [-0.2, -0.15) is 4.31 Å². The van der Waals surface area contributed by atoms with Crippen LogP contribution in [-0.2, 0) is 23.0 Å². The molecule has 0 amide bonds. The van der Waals surface area contributed by atoms with E-state index in [4.69, 9.17) is 0 Å². The van der Waals surface area contributed by atoms with Crippen LogP contribution in [0, 0.1) is 0 Å². The fourth-order valence-electron chi connectivity index (χ4n) is 3.45. The molecule has 0 spiro atoms. The van der Waals surface area contributed by atoms with Crippen molar-refractivity contribution in [2.45, 2.75) is 55.9 Å². The summed E-state index contributed by atoms with van der Waals surface area (Å²) in [5.74, 6) is -1.14. The van der Waals surface area contributed by atoms with Gasteiger partial charge in [0.2, 0.25) is 0 Å². The van der Waals surface area contributed by atoms with Crippen LogP contribution in [0.1, 0.15) is 47.5 Å². The molecule has 2 aliphatic rings. The molecule has 2 N–H and O–H groups in total. The highest BCUT2D eigenvalue weighted by atomic mass is 32.2. The summed E-state index contributed by atoms with van der Waals surface area (Å²) in [4.78, 5) is 12.5. The minimum atomic E-state index is -3.76. The first-order valence-corrected chi connectivity index (χ1v) is 9.71. The van der Waals surface area contributed by atoms with Crippen LogP contribution in [0.3, 0.4) is 0 Å². The lowest BCUT2D eigenvalue weighted by Gasteiger charge is -2.25. The van der Waals surface area contributed by atoms with Crippen LogP contribution >= 0.6 is 11.3 Å². The van der Waals surface area contributed by atoms with Crippen molar-refractivity contribution >= 4 is 27.3 Å². The van der Waals surface area contributed by atoms with Gasteiger partial charge in [0.15, 0.2) is 0 Å². The SMILES string of the molecule is C[C@@H]1CC[C@H](C)N1S(=O)(=O)c1sc2c(c1C(=O)O)CCNC2. The fourth-order valence-corrected chi connectivity index (χ4v) is 7.29. The molecule has 2 aliphatic heterocycles. The zero-order chi connectivity index (χ0) is 16.1. The predicted molar refractivity (Wildman–Crippen MR) is 83.9 cm³/mol. The van der Waals surface area contributed by atoms with E-state index in [0.29, 0.717) is 25.1 Å². The largest absolute Gasteiger partial charge is 0.478 e. The molecule has 6 nitrogen and oxygen atoms in total. The molecule has 0 bridgehead atoms. The molecule has 8 heteroatoms. The molecule has 0 unspecified atom stereocenters. The first-order valence-electron chi connectivity index (χ1n) is 7.46. The summed E-state index contributed by atoms with van der Waals surface area (Å²) < 4.78 is 27.6. The lowest BCUT2D eigenvalue weighted by atomic mass is 10.1. The lowest BCUT2D eigenvalue weighted by Crippen LogP contribution is -2.38. The molecule has 2 atom stereocenters. The van der Waals surface area contributed by atoms with Crippen molar-refractivity contribution in [1.29, 1.82) is 0 Å². The van der Waals surface area contributed by atoms with Gasteiger partial charge in [-0.3, -0.25) is 0 Å². The van der Waals surface area contributed by atoms with Gasteiger partial charge in [0.05, 0.1) is 5.56 Å². The number of thiophene rings is 1. The number of fused-ring (bicyclic) bond motifs is 1. The summed E-state index contributed by atoms with van der Waals surface area (Å²) in [6.07, 6.45) is 2.19. The molecule has 0 radical (unpaired) electrons. The van der Waals surface area contributed by atoms with Gasteiger partial charge in [-0.25, -0.2) is 13.2 Å². The maximum atomic E-state index is 13.1. The van der Waals surface area contributed by atoms with Crippen LogP contribution < -0.4 is 5.32 Å². The molecule has 3 rings (SSSR count). The number of rotatable bonds is 3. The fraction of sp³-hybridized carbons (Fsp3) is 0.643. The van der Waals surface area contributed by atoms with E-state index in [2.05, 4.69) is 5.32 Å². The van der Waals surface area contributed by atoms with E-state index in [9.17, 15) is 18.3 Å². The highest BCUT2D eigenvalue weighted by Crippen LogP contribution is 2.39. The molecule has 122 valence electrons. The maximum Gasteiger partial charge on any atom is 0.338 e. The molecule has 1 aromatic heterocycles. The van der Waals surface area contributed by atoms with Gasteiger partial charge in [0.25, 0.3) is 10.0 Å². The average Bonchev–Trinajstić information content (AvgIpc) is 3.00. The second-order valence-corrected chi connectivity index (χ2v) is 9.15. The van der Waals surface area contributed by atoms with Crippen molar-refractivity contribution < 1.29 is 18.3 Å². The molecule has 1 aromatic rings. The Kier molecular flexibility index (Phi) is 4.05. The highest BCUT2D eigenvalue weighted by Gasteiger charge is 2.42. The lowest BCUT2D eigenvalue weighted by molar-refractivity contribution is 0.0692. The van der Waals surface area contributed by atoms with Gasteiger partial charge in [0, 0.05) is 23.5 Å². The van der Waals surface area contributed by atoms with Crippen molar-refractivity contribution in [2.75, 3.05) is 6.54 Å². The van der Waals surface area contributed by atoms with Crippen LogP contribution in [0.4, 0.5) is 0 Å². The van der Waals surface area contributed by atoms with Crippen LogP contribution in [0.2, 0.25) is 0 Å². The number of carboxylic acids is 1. The zero-order valence-electron chi connectivity index (χ0n) is 12.6. The Bertz CT molecular complexity index is 701. The Balaban J connectivity index is 2.15. The number of sulfonamides is 1. The Morgan fingerprint density at radius 3 is 2.55 bits per heavy atom. The Labute approximate surface area is 134 Å². The topological polar surface area (TPSA) is 86.7 Å². The van der Waals surface area contributed by atoms with Gasteiger partial charge in [-0.15, -0.1) is 11.3 Å². The molecular formula is C14H20N2O4S2.